The van der Waals surface area contributed by atoms with E-state index in [0.29, 0.717) is 24.3 Å². The van der Waals surface area contributed by atoms with Gasteiger partial charge in [-0.15, -0.1) is 0 Å². The van der Waals surface area contributed by atoms with Crippen LogP contribution in [0.1, 0.15) is 18.4 Å². The zero-order valence-electron chi connectivity index (χ0n) is 15.9. The molecule has 1 amide bonds. The van der Waals surface area contributed by atoms with Crippen LogP contribution in [0.4, 0.5) is 0 Å². The fraction of sp³-hybridized carbons (Fsp3) is 0.318. The number of likely N-dealkylation sites (tertiary alicyclic amines) is 1. The first-order valence-corrected chi connectivity index (χ1v) is 9.08. The number of nitrogens with zero attached hydrogens (tertiary/aromatic N) is 2. The fourth-order valence-corrected chi connectivity index (χ4v) is 3.33. The highest BCUT2D eigenvalue weighted by molar-refractivity contribution is 5.84. The molecule has 1 saturated heterocycles. The molecule has 144 valence electrons. The number of carbonyl (C=O) groups excluding carboxylic acids is 2. The van der Waals surface area contributed by atoms with Crippen molar-refractivity contribution in [3.8, 4) is 22.9 Å². The molecule has 1 aliphatic heterocycles. The molecule has 2 aromatic rings. The summed E-state index contributed by atoms with van der Waals surface area (Å²) in [6, 6.07) is 17.0. The van der Waals surface area contributed by atoms with Crippen LogP contribution in [0.2, 0.25) is 0 Å². The minimum Gasteiger partial charge on any atom is -0.491 e. The van der Waals surface area contributed by atoms with Gasteiger partial charge in [-0.25, -0.2) is 0 Å². The van der Waals surface area contributed by atoms with Crippen molar-refractivity contribution < 1.29 is 19.1 Å². The average Bonchev–Trinajstić information content (AvgIpc) is 2.74. The van der Waals surface area contributed by atoms with Gasteiger partial charge < -0.3 is 14.4 Å². The van der Waals surface area contributed by atoms with Gasteiger partial charge in [0.05, 0.1) is 30.7 Å². The topological polar surface area (TPSA) is 79.6 Å². The molecular formula is C22H22N2O4. The van der Waals surface area contributed by atoms with Gasteiger partial charge in [-0.3, -0.25) is 9.59 Å². The second-order valence-corrected chi connectivity index (χ2v) is 6.84. The highest BCUT2D eigenvalue weighted by Gasteiger charge is 2.36. The Morgan fingerprint density at radius 3 is 2.32 bits per heavy atom. The minimum absolute atomic E-state index is 0.0774. The van der Waals surface area contributed by atoms with Gasteiger partial charge >= 0.3 is 5.97 Å². The van der Waals surface area contributed by atoms with E-state index in [-0.39, 0.29) is 24.3 Å². The molecule has 0 unspecified atom stereocenters. The number of hydrogen-bond acceptors (Lipinski definition) is 5. The summed E-state index contributed by atoms with van der Waals surface area (Å²) in [6.07, 6.45) is 0.706. The second-order valence-electron chi connectivity index (χ2n) is 6.84. The van der Waals surface area contributed by atoms with Crippen LogP contribution in [0, 0.1) is 17.2 Å². The van der Waals surface area contributed by atoms with Crippen LogP contribution in [0.5, 0.6) is 5.75 Å². The Bertz CT molecular complexity index is 884. The molecule has 6 heteroatoms. The van der Waals surface area contributed by atoms with E-state index in [1.54, 1.807) is 24.1 Å². The van der Waals surface area contributed by atoms with Crippen LogP contribution in [0.15, 0.2) is 48.5 Å². The van der Waals surface area contributed by atoms with Crippen molar-refractivity contribution in [3.05, 3.63) is 54.1 Å². The van der Waals surface area contributed by atoms with Gasteiger partial charge in [0.25, 0.3) is 0 Å². The van der Waals surface area contributed by atoms with E-state index >= 15 is 0 Å². The first kappa shape index (κ1) is 19.4. The Balaban J connectivity index is 1.63. The van der Waals surface area contributed by atoms with E-state index in [1.807, 2.05) is 36.4 Å². The Kier molecular flexibility index (Phi) is 5.95. The number of methoxy groups -OCH3 is 1. The standard InChI is InChI=1S/C22H22N2O4/c1-24-19(11-18(12-21(24)25)22(26)27-2)14-28-20-9-7-17(8-10-20)16-5-3-15(13-23)4-6-16/h3-10,18-19H,11-12,14H2,1-2H3/t18-,19-/m0/s1. The van der Waals surface area contributed by atoms with Crippen molar-refractivity contribution in [1.82, 2.24) is 4.90 Å². The lowest BCUT2D eigenvalue weighted by atomic mass is 9.91. The summed E-state index contributed by atoms with van der Waals surface area (Å²) in [5.74, 6) is -0.149. The number of hydrogen-bond donors (Lipinski definition) is 0. The molecule has 6 nitrogen and oxygen atoms in total. The Hall–Kier alpha value is -3.33. The Morgan fingerprint density at radius 1 is 1.14 bits per heavy atom. The third kappa shape index (κ3) is 4.32. The van der Waals surface area contributed by atoms with Crippen molar-refractivity contribution in [1.29, 1.82) is 5.26 Å². The molecule has 0 aromatic heterocycles. The van der Waals surface area contributed by atoms with Crippen LogP contribution in [0.25, 0.3) is 11.1 Å². The van der Waals surface area contributed by atoms with E-state index in [0.717, 1.165) is 11.1 Å². The van der Waals surface area contributed by atoms with Crippen LogP contribution in [-0.2, 0) is 14.3 Å². The van der Waals surface area contributed by atoms with Crippen molar-refractivity contribution in [2.45, 2.75) is 18.9 Å². The molecule has 1 fully saturated rings. The number of amides is 1. The first-order valence-electron chi connectivity index (χ1n) is 9.08. The molecule has 0 bridgehead atoms. The van der Waals surface area contributed by atoms with E-state index in [2.05, 4.69) is 6.07 Å². The van der Waals surface area contributed by atoms with Gasteiger partial charge in [0.2, 0.25) is 5.91 Å². The normalized spacial score (nSPS) is 19.0. The number of nitriles is 1. The number of esters is 1. The van der Waals surface area contributed by atoms with Gasteiger partial charge in [-0.05, 0) is 41.8 Å². The zero-order chi connectivity index (χ0) is 20.1. The summed E-state index contributed by atoms with van der Waals surface area (Å²) in [5, 5.41) is 8.88. The van der Waals surface area contributed by atoms with E-state index < -0.39 is 5.92 Å². The van der Waals surface area contributed by atoms with E-state index in [1.165, 1.54) is 7.11 Å². The van der Waals surface area contributed by atoms with Crippen molar-refractivity contribution in [3.63, 3.8) is 0 Å². The quantitative estimate of drug-likeness (QED) is 0.747. The summed E-state index contributed by atoms with van der Waals surface area (Å²) < 4.78 is 10.7. The van der Waals surface area contributed by atoms with Gasteiger partial charge in [0, 0.05) is 13.5 Å². The molecule has 0 spiro atoms. The summed E-state index contributed by atoms with van der Waals surface area (Å²) in [4.78, 5) is 25.6. The SMILES string of the molecule is COC(=O)[C@@H]1CC(=O)N(C)[C@H](COc2ccc(-c3ccc(C#N)cc3)cc2)C1. The molecule has 0 saturated carbocycles. The van der Waals surface area contributed by atoms with Crippen molar-refractivity contribution in [2.75, 3.05) is 20.8 Å². The second kappa shape index (κ2) is 8.57. The largest absolute Gasteiger partial charge is 0.491 e. The van der Waals surface area contributed by atoms with E-state index in [4.69, 9.17) is 14.7 Å². The molecule has 28 heavy (non-hydrogen) atoms. The van der Waals surface area contributed by atoms with Crippen LogP contribution in [0.3, 0.4) is 0 Å². The molecule has 3 rings (SSSR count). The maximum Gasteiger partial charge on any atom is 0.309 e. The maximum absolute atomic E-state index is 12.1. The van der Waals surface area contributed by atoms with E-state index in [9.17, 15) is 9.59 Å². The lowest BCUT2D eigenvalue weighted by Crippen LogP contribution is -2.48. The van der Waals surface area contributed by atoms with Crippen molar-refractivity contribution in [2.24, 2.45) is 5.92 Å². The number of likely N-dealkylation sites (N-methyl/N-ethyl adjacent to an activating group) is 1. The summed E-state index contributed by atoms with van der Waals surface area (Å²) in [5.41, 5.74) is 2.66. The molecule has 1 aliphatic rings. The monoisotopic (exact) mass is 378 g/mol. The zero-order valence-corrected chi connectivity index (χ0v) is 15.9. The van der Waals surface area contributed by atoms with Gasteiger partial charge in [0.15, 0.2) is 0 Å². The number of carbonyl (C=O) groups is 2. The van der Waals surface area contributed by atoms with Gasteiger partial charge in [-0.2, -0.15) is 5.26 Å². The molecule has 0 N–H and O–H groups in total. The van der Waals surface area contributed by atoms with Crippen LogP contribution >= 0.6 is 0 Å². The maximum atomic E-state index is 12.1. The Morgan fingerprint density at radius 2 is 1.75 bits per heavy atom. The average molecular weight is 378 g/mol. The van der Waals surface area contributed by atoms with Crippen LogP contribution in [-0.4, -0.2) is 43.6 Å². The highest BCUT2D eigenvalue weighted by Crippen LogP contribution is 2.26. The molecule has 2 aromatic carbocycles. The predicted octanol–water partition coefficient (Wildman–Crippen LogP) is 3.01. The first-order chi connectivity index (χ1) is 13.5. The van der Waals surface area contributed by atoms with Gasteiger partial charge in [-0.1, -0.05) is 24.3 Å². The fourth-order valence-electron chi connectivity index (χ4n) is 3.33. The summed E-state index contributed by atoms with van der Waals surface area (Å²) in [6.45, 7) is 0.311. The lowest BCUT2D eigenvalue weighted by Gasteiger charge is -2.35. The lowest BCUT2D eigenvalue weighted by molar-refractivity contribution is -0.154. The Labute approximate surface area is 164 Å². The van der Waals surface area contributed by atoms with Crippen molar-refractivity contribution >= 4 is 11.9 Å². The number of rotatable bonds is 5. The molecule has 0 aliphatic carbocycles. The highest BCUT2D eigenvalue weighted by atomic mass is 16.5. The molecular weight excluding hydrogens is 356 g/mol. The summed E-state index contributed by atoms with van der Waals surface area (Å²) >= 11 is 0. The smallest absolute Gasteiger partial charge is 0.309 e. The summed E-state index contributed by atoms with van der Waals surface area (Å²) in [7, 11) is 3.07. The number of piperidine rings is 1. The molecule has 0 radical (unpaired) electrons. The number of ether oxygens (including phenoxy) is 2. The van der Waals surface area contributed by atoms with Gasteiger partial charge in [0.1, 0.15) is 12.4 Å². The third-order valence-electron chi connectivity index (χ3n) is 5.10. The predicted molar refractivity (Wildman–Crippen MR) is 103 cm³/mol. The van der Waals surface area contributed by atoms with Crippen LogP contribution < -0.4 is 4.74 Å². The number of benzene rings is 2. The third-order valence-corrected chi connectivity index (χ3v) is 5.10. The molecule has 1 heterocycles. The molecule has 2 atom stereocenters. The minimum atomic E-state index is -0.416.